The van der Waals surface area contributed by atoms with Crippen LogP contribution in [0, 0.1) is 0 Å². The molecule has 1 aromatic carbocycles. The molecule has 0 aliphatic carbocycles. The fraction of sp³-hybridized carbons (Fsp3) is 0.444. The molecule has 1 aliphatic heterocycles. The molecule has 1 saturated heterocycles. The highest BCUT2D eigenvalue weighted by atomic mass is 35.5. The highest BCUT2D eigenvalue weighted by molar-refractivity contribution is 6.42. The highest BCUT2D eigenvalue weighted by Gasteiger charge is 2.30. The van der Waals surface area contributed by atoms with E-state index in [0.29, 0.717) is 47.5 Å². The number of benzene rings is 1. The van der Waals surface area contributed by atoms with Gasteiger partial charge in [-0.2, -0.15) is 5.10 Å². The van der Waals surface area contributed by atoms with E-state index in [-0.39, 0.29) is 0 Å². The molecule has 0 saturated carbocycles. The van der Waals surface area contributed by atoms with E-state index >= 15 is 0 Å². The second-order valence-corrected chi connectivity index (χ2v) is 7.94. The van der Waals surface area contributed by atoms with Crippen molar-refractivity contribution in [2.45, 2.75) is 25.9 Å². The van der Waals surface area contributed by atoms with Crippen molar-refractivity contribution in [1.29, 1.82) is 0 Å². The first-order chi connectivity index (χ1) is 14.2. The molecule has 1 aromatic heterocycles. The van der Waals surface area contributed by atoms with E-state index in [1.54, 1.807) is 12.1 Å². The molecular weight excluding hydrogens is 471 g/mol. The second-order valence-electron chi connectivity index (χ2n) is 6.75. The number of piperazine rings is 1. The Bertz CT molecular complexity index is 917. The van der Waals surface area contributed by atoms with E-state index < -0.39 is 41.7 Å². The van der Waals surface area contributed by atoms with Crippen molar-refractivity contribution in [3.8, 4) is 0 Å². The van der Waals surface area contributed by atoms with Gasteiger partial charge in [0, 0.05) is 32.7 Å². The summed E-state index contributed by atoms with van der Waals surface area (Å²) in [6.07, 6.45) is -6.25. The van der Waals surface area contributed by atoms with Crippen LogP contribution in [0.2, 0.25) is 15.1 Å². The van der Waals surface area contributed by atoms with E-state index in [1.165, 1.54) is 4.90 Å². The summed E-state index contributed by atoms with van der Waals surface area (Å²) in [5.41, 5.74) is -0.860. The zero-order valence-electron chi connectivity index (χ0n) is 15.5. The Hall–Kier alpha value is -1.55. The summed E-state index contributed by atoms with van der Waals surface area (Å²) in [5.74, 6) is -0.494. The third kappa shape index (κ3) is 5.19. The van der Waals surface area contributed by atoms with Crippen LogP contribution in [0.3, 0.4) is 0 Å². The smallest absolute Gasteiger partial charge is 0.283 e. The monoisotopic (exact) mass is 486 g/mol. The fourth-order valence-electron chi connectivity index (χ4n) is 3.22. The molecule has 2 aromatic rings. The van der Waals surface area contributed by atoms with Crippen LogP contribution in [0.15, 0.2) is 18.2 Å². The van der Waals surface area contributed by atoms with Crippen molar-refractivity contribution in [3.05, 3.63) is 50.2 Å². The second kappa shape index (κ2) is 9.72. The predicted octanol–water partition coefficient (Wildman–Crippen LogP) is 5.06. The minimum absolute atomic E-state index is 0.362. The Balaban J connectivity index is 1.60. The molecule has 0 radical (unpaired) electrons. The van der Waals surface area contributed by atoms with Gasteiger partial charge in [-0.15, -0.1) is 0 Å². The maximum absolute atomic E-state index is 13.2. The number of rotatable bonds is 6. The molecule has 3 rings (SSSR count). The average molecular weight is 488 g/mol. The number of hydrogen-bond donors (Lipinski definition) is 0. The van der Waals surface area contributed by atoms with Crippen molar-refractivity contribution in [2.75, 3.05) is 26.2 Å². The molecular formula is C18H17Cl3F4N4O. The summed E-state index contributed by atoms with van der Waals surface area (Å²) in [6.45, 7) is 1.85. The molecule has 1 fully saturated rings. The Morgan fingerprint density at radius 2 is 1.67 bits per heavy atom. The lowest BCUT2D eigenvalue weighted by Gasteiger charge is -2.34. The number of nitrogens with zero attached hydrogens (tertiary/aromatic N) is 4. The maximum Gasteiger partial charge on any atom is 0.283 e. The Morgan fingerprint density at radius 3 is 2.23 bits per heavy atom. The summed E-state index contributed by atoms with van der Waals surface area (Å²) in [4.78, 5) is 16.1. The average Bonchev–Trinajstić information content (AvgIpc) is 3.01. The first kappa shape index (κ1) is 23.1. The Morgan fingerprint density at radius 1 is 1.00 bits per heavy atom. The highest BCUT2D eigenvalue weighted by Crippen LogP contribution is 2.34. The third-order valence-corrected chi connectivity index (χ3v) is 5.90. The minimum atomic E-state index is -3.13. The van der Waals surface area contributed by atoms with Crippen molar-refractivity contribution >= 4 is 40.7 Å². The molecule has 1 aliphatic rings. The molecule has 0 spiro atoms. The van der Waals surface area contributed by atoms with Gasteiger partial charge in [-0.1, -0.05) is 40.9 Å². The Labute approximate surface area is 185 Å². The maximum atomic E-state index is 13.2. The number of aromatic nitrogens is 2. The van der Waals surface area contributed by atoms with Crippen LogP contribution in [-0.4, -0.2) is 51.7 Å². The van der Waals surface area contributed by atoms with Gasteiger partial charge < -0.3 is 4.90 Å². The minimum Gasteiger partial charge on any atom is -0.339 e. The van der Waals surface area contributed by atoms with Crippen molar-refractivity contribution in [3.63, 3.8) is 0 Å². The largest absolute Gasteiger partial charge is 0.339 e. The van der Waals surface area contributed by atoms with Crippen molar-refractivity contribution in [2.24, 2.45) is 0 Å². The van der Waals surface area contributed by atoms with Gasteiger partial charge >= 0.3 is 0 Å². The van der Waals surface area contributed by atoms with Gasteiger partial charge in [0.1, 0.15) is 17.9 Å². The molecule has 164 valence electrons. The number of amides is 1. The number of alkyl halides is 4. The first-order valence-corrected chi connectivity index (χ1v) is 10.1. The number of hydrogen-bond acceptors (Lipinski definition) is 3. The Kier molecular flexibility index (Phi) is 7.49. The van der Waals surface area contributed by atoms with Gasteiger partial charge in [0.05, 0.1) is 15.1 Å². The van der Waals surface area contributed by atoms with Crippen molar-refractivity contribution < 1.29 is 22.4 Å². The topological polar surface area (TPSA) is 41.4 Å². The lowest BCUT2D eigenvalue weighted by molar-refractivity contribution is -0.134. The SMILES string of the molecule is O=C(Cn1nc(C(F)F)c(Cl)c1C(F)F)N1CCN(Cc2ccc(Cl)c(Cl)c2)CC1. The van der Waals surface area contributed by atoms with Crippen LogP contribution < -0.4 is 0 Å². The molecule has 2 heterocycles. The van der Waals surface area contributed by atoms with Crippen LogP contribution in [0.1, 0.15) is 29.8 Å². The van der Waals surface area contributed by atoms with Crippen LogP contribution in [-0.2, 0) is 17.9 Å². The van der Waals surface area contributed by atoms with Gasteiger partial charge in [0.15, 0.2) is 0 Å². The quantitative estimate of drug-likeness (QED) is 0.535. The lowest BCUT2D eigenvalue weighted by atomic mass is 10.2. The van der Waals surface area contributed by atoms with E-state index in [9.17, 15) is 22.4 Å². The zero-order chi connectivity index (χ0) is 22.0. The summed E-state index contributed by atoms with van der Waals surface area (Å²) in [7, 11) is 0. The third-order valence-electron chi connectivity index (χ3n) is 4.77. The van der Waals surface area contributed by atoms with Gasteiger partial charge in [-0.3, -0.25) is 14.4 Å². The normalized spacial score (nSPS) is 15.4. The molecule has 5 nitrogen and oxygen atoms in total. The van der Waals surface area contributed by atoms with Crippen LogP contribution in [0.25, 0.3) is 0 Å². The molecule has 30 heavy (non-hydrogen) atoms. The van der Waals surface area contributed by atoms with Gasteiger partial charge in [-0.25, -0.2) is 17.6 Å². The number of halogens is 7. The number of carbonyl (C=O) groups is 1. The van der Waals surface area contributed by atoms with E-state index in [2.05, 4.69) is 10.00 Å². The van der Waals surface area contributed by atoms with Crippen LogP contribution in [0.5, 0.6) is 0 Å². The van der Waals surface area contributed by atoms with Gasteiger partial charge in [-0.05, 0) is 17.7 Å². The van der Waals surface area contributed by atoms with Crippen molar-refractivity contribution in [1.82, 2.24) is 19.6 Å². The van der Waals surface area contributed by atoms with E-state index in [0.717, 1.165) is 5.56 Å². The molecule has 1 amide bonds. The van der Waals surface area contributed by atoms with Gasteiger partial charge in [0.25, 0.3) is 12.9 Å². The lowest BCUT2D eigenvalue weighted by Crippen LogP contribution is -2.49. The fourth-order valence-corrected chi connectivity index (χ4v) is 3.84. The molecule has 0 bridgehead atoms. The summed E-state index contributed by atoms with van der Waals surface area (Å²) >= 11 is 17.5. The summed E-state index contributed by atoms with van der Waals surface area (Å²) < 4.78 is 52.9. The van der Waals surface area contributed by atoms with E-state index in [1.807, 2.05) is 6.07 Å². The van der Waals surface area contributed by atoms with Crippen LogP contribution >= 0.6 is 34.8 Å². The van der Waals surface area contributed by atoms with Gasteiger partial charge in [0.2, 0.25) is 5.91 Å². The summed E-state index contributed by atoms with van der Waals surface area (Å²) in [6, 6.07) is 5.34. The molecule has 0 atom stereocenters. The standard InChI is InChI=1S/C18H17Cl3F4N4O/c19-11-2-1-10(7-12(11)20)8-27-3-5-28(6-4-27)13(30)9-29-16(18(24)25)14(21)15(26-29)17(22)23/h1-2,7,17-18H,3-6,8-9H2. The zero-order valence-corrected chi connectivity index (χ0v) is 17.7. The molecule has 0 unspecified atom stereocenters. The molecule has 0 N–H and O–H groups in total. The first-order valence-electron chi connectivity index (χ1n) is 8.93. The van der Waals surface area contributed by atoms with E-state index in [4.69, 9.17) is 34.8 Å². The summed E-state index contributed by atoms with van der Waals surface area (Å²) in [5, 5.41) is 3.54. The number of carbonyl (C=O) groups excluding carboxylic acids is 1. The predicted molar refractivity (Wildman–Crippen MR) is 105 cm³/mol. The van der Waals surface area contributed by atoms with Crippen LogP contribution in [0.4, 0.5) is 17.6 Å². The molecule has 12 heteroatoms.